The smallest absolute Gasteiger partial charge is 0.156 e. The van der Waals surface area contributed by atoms with Gasteiger partial charge in [-0.15, -0.1) is 0 Å². The zero-order valence-electron chi connectivity index (χ0n) is 10.8. The number of hydrogen-bond donors (Lipinski definition) is 1. The van der Waals surface area contributed by atoms with Crippen molar-refractivity contribution < 1.29 is 4.52 Å². The maximum atomic E-state index is 5.27. The van der Waals surface area contributed by atoms with Gasteiger partial charge in [0.2, 0.25) is 0 Å². The van der Waals surface area contributed by atoms with Crippen molar-refractivity contribution in [2.45, 2.75) is 32.2 Å². The number of hydrogen-bond acceptors (Lipinski definition) is 4. The van der Waals surface area contributed by atoms with Crippen LogP contribution in [0.15, 0.2) is 23.1 Å². The maximum absolute atomic E-state index is 5.27. The highest BCUT2D eigenvalue weighted by atomic mass is 16.5. The number of aromatic nitrogens is 3. The van der Waals surface area contributed by atoms with E-state index in [1.807, 2.05) is 25.5 Å². The first kappa shape index (κ1) is 11.5. The Balaban J connectivity index is 1.87. The van der Waals surface area contributed by atoms with Gasteiger partial charge in [0.05, 0.1) is 18.6 Å². The first-order valence-corrected chi connectivity index (χ1v) is 6.31. The Morgan fingerprint density at radius 3 is 3.11 bits per heavy atom. The van der Waals surface area contributed by atoms with Crippen LogP contribution in [0, 0.1) is 6.92 Å². The van der Waals surface area contributed by atoms with Gasteiger partial charge in [-0.1, -0.05) is 12.1 Å². The molecule has 1 saturated heterocycles. The van der Waals surface area contributed by atoms with E-state index in [-0.39, 0.29) is 5.41 Å². The first-order chi connectivity index (χ1) is 8.67. The molecule has 1 aliphatic heterocycles. The molecular formula is C13H18N4O. The molecule has 5 nitrogen and oxygen atoms in total. The molecule has 18 heavy (non-hydrogen) atoms. The molecule has 3 heterocycles. The molecule has 3 rings (SSSR count). The second kappa shape index (κ2) is 4.24. The molecule has 1 atom stereocenters. The van der Waals surface area contributed by atoms with Crippen LogP contribution in [-0.4, -0.2) is 27.8 Å². The van der Waals surface area contributed by atoms with Crippen LogP contribution in [0.4, 0.5) is 0 Å². The number of aryl methyl sites for hydroxylation is 1. The summed E-state index contributed by atoms with van der Waals surface area (Å²) in [6.07, 6.45) is 4.99. The SMILES string of the molecule is Cc1cc(Cn2cncc2C2(C)CCNC2)on1. The van der Waals surface area contributed by atoms with E-state index in [2.05, 4.69) is 26.9 Å². The van der Waals surface area contributed by atoms with Crippen LogP contribution in [0.1, 0.15) is 30.5 Å². The molecular weight excluding hydrogens is 228 g/mol. The van der Waals surface area contributed by atoms with Crippen LogP contribution < -0.4 is 5.32 Å². The van der Waals surface area contributed by atoms with Gasteiger partial charge in [0.1, 0.15) is 0 Å². The lowest BCUT2D eigenvalue weighted by molar-refractivity contribution is 0.367. The van der Waals surface area contributed by atoms with Crippen LogP contribution in [-0.2, 0) is 12.0 Å². The Labute approximate surface area is 106 Å². The molecule has 0 radical (unpaired) electrons. The van der Waals surface area contributed by atoms with E-state index in [9.17, 15) is 0 Å². The number of rotatable bonds is 3. The summed E-state index contributed by atoms with van der Waals surface area (Å²) in [6.45, 7) is 7.00. The fourth-order valence-corrected chi connectivity index (χ4v) is 2.64. The van der Waals surface area contributed by atoms with Crippen molar-refractivity contribution in [3.63, 3.8) is 0 Å². The molecule has 1 fully saturated rings. The van der Waals surface area contributed by atoms with Crippen molar-refractivity contribution in [1.29, 1.82) is 0 Å². The van der Waals surface area contributed by atoms with Gasteiger partial charge in [0.25, 0.3) is 0 Å². The minimum Gasteiger partial charge on any atom is -0.359 e. The zero-order chi connectivity index (χ0) is 12.6. The largest absolute Gasteiger partial charge is 0.359 e. The summed E-state index contributed by atoms with van der Waals surface area (Å²) >= 11 is 0. The van der Waals surface area contributed by atoms with E-state index in [0.29, 0.717) is 6.54 Å². The summed E-state index contributed by atoms with van der Waals surface area (Å²) in [6, 6.07) is 1.97. The predicted octanol–water partition coefficient (Wildman–Crippen LogP) is 1.48. The van der Waals surface area contributed by atoms with Gasteiger partial charge in [-0.2, -0.15) is 0 Å². The minimum absolute atomic E-state index is 0.172. The third kappa shape index (κ3) is 1.95. The van der Waals surface area contributed by atoms with Crippen LogP contribution >= 0.6 is 0 Å². The maximum Gasteiger partial charge on any atom is 0.156 e. The summed E-state index contributed by atoms with van der Waals surface area (Å²) in [5.74, 6) is 0.876. The number of nitrogens with zero attached hydrogens (tertiary/aromatic N) is 3. The normalized spacial score (nSPS) is 23.7. The second-order valence-electron chi connectivity index (χ2n) is 5.33. The first-order valence-electron chi connectivity index (χ1n) is 6.31. The fourth-order valence-electron chi connectivity index (χ4n) is 2.64. The molecule has 1 N–H and O–H groups in total. The number of imidazole rings is 1. The third-order valence-electron chi connectivity index (χ3n) is 3.70. The summed E-state index contributed by atoms with van der Waals surface area (Å²) in [4.78, 5) is 4.29. The van der Waals surface area contributed by atoms with Gasteiger partial charge >= 0.3 is 0 Å². The lowest BCUT2D eigenvalue weighted by Gasteiger charge is -2.23. The van der Waals surface area contributed by atoms with Gasteiger partial charge in [-0.3, -0.25) is 0 Å². The van der Waals surface area contributed by atoms with Crippen LogP contribution in [0.5, 0.6) is 0 Å². The molecule has 0 aliphatic carbocycles. The summed E-state index contributed by atoms with van der Waals surface area (Å²) < 4.78 is 7.43. The van der Waals surface area contributed by atoms with Crippen molar-refractivity contribution in [2.75, 3.05) is 13.1 Å². The summed E-state index contributed by atoms with van der Waals surface area (Å²) in [7, 11) is 0. The monoisotopic (exact) mass is 246 g/mol. The van der Waals surface area contributed by atoms with Crippen molar-refractivity contribution >= 4 is 0 Å². The highest BCUT2D eigenvalue weighted by Gasteiger charge is 2.33. The van der Waals surface area contributed by atoms with Gasteiger partial charge in [0, 0.05) is 29.9 Å². The van der Waals surface area contributed by atoms with Crippen molar-refractivity contribution in [2.24, 2.45) is 0 Å². The summed E-state index contributed by atoms with van der Waals surface area (Å²) in [5, 5.41) is 7.34. The van der Waals surface area contributed by atoms with Crippen molar-refractivity contribution in [3.05, 3.63) is 35.7 Å². The number of nitrogens with one attached hydrogen (secondary N) is 1. The third-order valence-corrected chi connectivity index (χ3v) is 3.70. The van der Waals surface area contributed by atoms with E-state index < -0.39 is 0 Å². The fraction of sp³-hybridized carbons (Fsp3) is 0.538. The van der Waals surface area contributed by atoms with Crippen molar-refractivity contribution in [3.8, 4) is 0 Å². The Morgan fingerprint density at radius 2 is 2.44 bits per heavy atom. The molecule has 0 saturated carbocycles. The molecule has 0 aromatic carbocycles. The van der Waals surface area contributed by atoms with Gasteiger partial charge in [-0.25, -0.2) is 4.98 Å². The van der Waals surface area contributed by atoms with E-state index in [0.717, 1.165) is 31.0 Å². The molecule has 0 bridgehead atoms. The van der Waals surface area contributed by atoms with E-state index in [1.54, 1.807) is 0 Å². The molecule has 0 amide bonds. The minimum atomic E-state index is 0.172. The van der Waals surface area contributed by atoms with Crippen LogP contribution in [0.2, 0.25) is 0 Å². The average molecular weight is 246 g/mol. The molecule has 1 unspecified atom stereocenters. The lowest BCUT2D eigenvalue weighted by Crippen LogP contribution is -2.28. The van der Waals surface area contributed by atoms with E-state index in [4.69, 9.17) is 4.52 Å². The van der Waals surface area contributed by atoms with Crippen LogP contribution in [0.3, 0.4) is 0 Å². The Morgan fingerprint density at radius 1 is 1.56 bits per heavy atom. The van der Waals surface area contributed by atoms with Gasteiger partial charge in [-0.05, 0) is 19.9 Å². The molecule has 1 aliphatic rings. The lowest BCUT2D eigenvalue weighted by atomic mass is 9.86. The Kier molecular flexibility index (Phi) is 2.70. The highest BCUT2D eigenvalue weighted by molar-refractivity contribution is 5.18. The quantitative estimate of drug-likeness (QED) is 0.891. The van der Waals surface area contributed by atoms with Crippen molar-refractivity contribution in [1.82, 2.24) is 20.0 Å². The molecule has 2 aromatic heterocycles. The average Bonchev–Trinajstić information content (AvgIpc) is 3.02. The highest BCUT2D eigenvalue weighted by Crippen LogP contribution is 2.30. The Bertz CT molecular complexity index is 537. The standard InChI is InChI=1S/C13H18N4O/c1-10-5-11(18-16-10)7-17-9-15-6-12(17)13(2)3-4-14-8-13/h5-6,9,14H,3-4,7-8H2,1-2H3. The topological polar surface area (TPSA) is 55.9 Å². The second-order valence-corrected chi connectivity index (χ2v) is 5.33. The van der Waals surface area contributed by atoms with E-state index >= 15 is 0 Å². The molecule has 2 aromatic rings. The van der Waals surface area contributed by atoms with Gasteiger partial charge < -0.3 is 14.4 Å². The molecule has 5 heteroatoms. The van der Waals surface area contributed by atoms with Crippen LogP contribution in [0.25, 0.3) is 0 Å². The molecule has 0 spiro atoms. The Hall–Kier alpha value is -1.62. The predicted molar refractivity (Wildman–Crippen MR) is 67.4 cm³/mol. The zero-order valence-corrected chi connectivity index (χ0v) is 10.8. The molecule has 96 valence electrons. The van der Waals surface area contributed by atoms with E-state index in [1.165, 1.54) is 5.69 Å². The summed E-state index contributed by atoms with van der Waals surface area (Å²) in [5.41, 5.74) is 2.35. The van der Waals surface area contributed by atoms with Gasteiger partial charge in [0.15, 0.2) is 5.76 Å².